The van der Waals surface area contributed by atoms with E-state index in [2.05, 4.69) is 0 Å². The third-order valence-corrected chi connectivity index (χ3v) is 2.92. The molecule has 2 N–H and O–H groups in total. The lowest BCUT2D eigenvalue weighted by Gasteiger charge is -2.06. The minimum atomic E-state index is -0.618. The van der Waals surface area contributed by atoms with E-state index in [0.717, 1.165) is 12.1 Å². The molecular formula is C13H9ClN2O3. The lowest BCUT2D eigenvalue weighted by atomic mass is 10.0. The molecule has 2 aromatic rings. The van der Waals surface area contributed by atoms with Gasteiger partial charge in [0.15, 0.2) is 5.78 Å². The van der Waals surface area contributed by atoms with Crippen LogP contribution in [0.2, 0.25) is 5.02 Å². The van der Waals surface area contributed by atoms with Crippen molar-refractivity contribution in [3.8, 4) is 0 Å². The minimum absolute atomic E-state index is 0.00604. The van der Waals surface area contributed by atoms with Crippen molar-refractivity contribution >= 4 is 28.8 Å². The number of hydrogen-bond donors (Lipinski definition) is 1. The molecule has 0 fully saturated rings. The first kappa shape index (κ1) is 13.0. The van der Waals surface area contributed by atoms with Crippen LogP contribution in [0.1, 0.15) is 15.9 Å². The number of halogens is 1. The Morgan fingerprint density at radius 2 is 1.84 bits per heavy atom. The van der Waals surface area contributed by atoms with Gasteiger partial charge >= 0.3 is 0 Å². The summed E-state index contributed by atoms with van der Waals surface area (Å²) in [6.45, 7) is 0. The van der Waals surface area contributed by atoms with Gasteiger partial charge in [-0.25, -0.2) is 0 Å². The van der Waals surface area contributed by atoms with Crippen LogP contribution < -0.4 is 5.73 Å². The van der Waals surface area contributed by atoms with E-state index in [1.807, 2.05) is 0 Å². The van der Waals surface area contributed by atoms with Gasteiger partial charge < -0.3 is 5.73 Å². The molecule has 0 radical (unpaired) electrons. The fourth-order valence-corrected chi connectivity index (χ4v) is 1.86. The number of carbonyl (C=O) groups excluding carboxylic acids is 1. The topological polar surface area (TPSA) is 86.2 Å². The van der Waals surface area contributed by atoms with Gasteiger partial charge in [0.2, 0.25) is 0 Å². The van der Waals surface area contributed by atoms with Crippen LogP contribution in [0.3, 0.4) is 0 Å². The molecule has 0 saturated heterocycles. The Hall–Kier alpha value is -2.40. The van der Waals surface area contributed by atoms with Crippen molar-refractivity contribution in [2.24, 2.45) is 0 Å². The van der Waals surface area contributed by atoms with E-state index in [-0.39, 0.29) is 22.0 Å². The molecule has 0 aromatic heterocycles. The quantitative estimate of drug-likeness (QED) is 0.404. The maximum Gasteiger partial charge on any atom is 0.271 e. The second-order valence-electron chi connectivity index (χ2n) is 3.84. The number of rotatable bonds is 3. The molecule has 0 atom stereocenters. The second-order valence-corrected chi connectivity index (χ2v) is 4.25. The highest BCUT2D eigenvalue weighted by molar-refractivity contribution is 6.34. The molecule has 96 valence electrons. The summed E-state index contributed by atoms with van der Waals surface area (Å²) in [6.07, 6.45) is 0. The van der Waals surface area contributed by atoms with Crippen LogP contribution in [-0.4, -0.2) is 10.7 Å². The zero-order valence-corrected chi connectivity index (χ0v) is 10.4. The largest absolute Gasteiger partial charge is 0.397 e. The molecule has 5 nitrogen and oxygen atoms in total. The van der Waals surface area contributed by atoms with Crippen molar-refractivity contribution < 1.29 is 9.72 Å². The lowest BCUT2D eigenvalue weighted by Crippen LogP contribution is -2.06. The van der Waals surface area contributed by atoms with E-state index in [4.69, 9.17) is 17.3 Å². The molecule has 0 aliphatic carbocycles. The Labute approximate surface area is 113 Å². The van der Waals surface area contributed by atoms with Crippen LogP contribution >= 0.6 is 11.6 Å². The van der Waals surface area contributed by atoms with Gasteiger partial charge in [0.1, 0.15) is 0 Å². The van der Waals surface area contributed by atoms with Crippen LogP contribution in [-0.2, 0) is 0 Å². The van der Waals surface area contributed by atoms with Gasteiger partial charge in [-0.15, -0.1) is 0 Å². The predicted octanol–water partition coefficient (Wildman–Crippen LogP) is 3.06. The van der Waals surface area contributed by atoms with Crippen LogP contribution in [0.4, 0.5) is 11.4 Å². The summed E-state index contributed by atoms with van der Waals surface area (Å²) in [4.78, 5) is 22.4. The number of carbonyl (C=O) groups is 1. The number of nitrogen functional groups attached to an aromatic ring is 1. The van der Waals surface area contributed by atoms with Crippen LogP contribution in [0.25, 0.3) is 0 Å². The van der Waals surface area contributed by atoms with Crippen molar-refractivity contribution in [3.05, 3.63) is 68.7 Å². The monoisotopic (exact) mass is 276 g/mol. The van der Waals surface area contributed by atoms with E-state index in [1.54, 1.807) is 30.3 Å². The summed E-state index contributed by atoms with van der Waals surface area (Å²) < 4.78 is 0. The van der Waals surface area contributed by atoms with Gasteiger partial charge in [0.05, 0.1) is 21.2 Å². The highest BCUT2D eigenvalue weighted by Gasteiger charge is 2.19. The van der Waals surface area contributed by atoms with Crippen molar-refractivity contribution in [3.63, 3.8) is 0 Å². The minimum Gasteiger partial charge on any atom is -0.397 e. The summed E-state index contributed by atoms with van der Waals surface area (Å²) in [5, 5.41) is 10.8. The molecule has 6 heteroatoms. The smallest absolute Gasteiger partial charge is 0.271 e. The van der Waals surface area contributed by atoms with E-state index in [1.165, 1.54) is 0 Å². The van der Waals surface area contributed by atoms with Gasteiger partial charge in [0, 0.05) is 17.7 Å². The third kappa shape index (κ3) is 2.56. The first-order valence-electron chi connectivity index (χ1n) is 5.34. The Morgan fingerprint density at radius 3 is 2.42 bits per heavy atom. The van der Waals surface area contributed by atoms with Crippen molar-refractivity contribution in [1.82, 2.24) is 0 Å². The standard InChI is InChI=1S/C13H9ClN2O3/c14-11-7-9(16(18)19)6-10(12(11)15)13(17)8-4-2-1-3-5-8/h1-7H,15H2. The summed E-state index contributed by atoms with van der Waals surface area (Å²) in [7, 11) is 0. The second kappa shape index (κ2) is 5.07. The lowest BCUT2D eigenvalue weighted by molar-refractivity contribution is -0.384. The summed E-state index contributed by atoms with van der Waals surface area (Å²) >= 11 is 5.81. The molecule has 0 aliphatic heterocycles. The van der Waals surface area contributed by atoms with Gasteiger partial charge in [-0.2, -0.15) is 0 Å². The summed E-state index contributed by atoms with van der Waals surface area (Å²) in [5.41, 5.74) is 5.92. The Balaban J connectivity index is 2.56. The molecule has 19 heavy (non-hydrogen) atoms. The Morgan fingerprint density at radius 1 is 1.21 bits per heavy atom. The summed E-state index contributed by atoms with van der Waals surface area (Å²) in [6, 6.07) is 10.6. The van der Waals surface area contributed by atoms with Crippen molar-refractivity contribution in [2.45, 2.75) is 0 Å². The molecule has 2 rings (SSSR count). The number of benzene rings is 2. The molecular weight excluding hydrogens is 268 g/mol. The van der Waals surface area contributed by atoms with Crippen molar-refractivity contribution in [2.75, 3.05) is 5.73 Å². The molecule has 0 bridgehead atoms. The molecule has 0 unspecified atom stereocenters. The number of nitrogens with zero attached hydrogens (tertiary/aromatic N) is 1. The number of anilines is 1. The molecule has 2 aromatic carbocycles. The van der Waals surface area contributed by atoms with Gasteiger partial charge in [-0.1, -0.05) is 41.9 Å². The molecule has 0 saturated carbocycles. The SMILES string of the molecule is Nc1c(Cl)cc([N+](=O)[O-])cc1C(=O)c1ccccc1. The normalized spacial score (nSPS) is 10.2. The molecule has 0 heterocycles. The Bertz CT molecular complexity index is 656. The number of hydrogen-bond acceptors (Lipinski definition) is 4. The average molecular weight is 277 g/mol. The third-order valence-electron chi connectivity index (χ3n) is 2.61. The predicted molar refractivity (Wildman–Crippen MR) is 72.4 cm³/mol. The fourth-order valence-electron chi connectivity index (χ4n) is 1.64. The Kier molecular flexibility index (Phi) is 3.48. The average Bonchev–Trinajstić information content (AvgIpc) is 2.41. The molecule has 0 aliphatic rings. The van der Waals surface area contributed by atoms with Gasteiger partial charge in [-0.05, 0) is 0 Å². The number of nitro benzene ring substituents is 1. The van der Waals surface area contributed by atoms with E-state index < -0.39 is 10.7 Å². The fraction of sp³-hybridized carbons (Fsp3) is 0. The van der Waals surface area contributed by atoms with Gasteiger partial charge in [0.25, 0.3) is 5.69 Å². The van der Waals surface area contributed by atoms with Crippen LogP contribution in [0, 0.1) is 10.1 Å². The first-order valence-corrected chi connectivity index (χ1v) is 5.71. The van der Waals surface area contributed by atoms with Crippen LogP contribution in [0.15, 0.2) is 42.5 Å². The van der Waals surface area contributed by atoms with Crippen LogP contribution in [0.5, 0.6) is 0 Å². The molecule has 0 amide bonds. The number of nitro groups is 1. The van der Waals surface area contributed by atoms with Crippen molar-refractivity contribution in [1.29, 1.82) is 0 Å². The molecule has 0 spiro atoms. The summed E-state index contributed by atoms with van der Waals surface area (Å²) in [5.74, 6) is -0.399. The number of non-ortho nitro benzene ring substituents is 1. The maximum absolute atomic E-state index is 12.2. The highest BCUT2D eigenvalue weighted by Crippen LogP contribution is 2.30. The highest BCUT2D eigenvalue weighted by atomic mass is 35.5. The van der Waals surface area contributed by atoms with E-state index in [9.17, 15) is 14.9 Å². The first-order chi connectivity index (χ1) is 9.00. The van der Waals surface area contributed by atoms with E-state index in [0.29, 0.717) is 5.56 Å². The van der Waals surface area contributed by atoms with Gasteiger partial charge in [-0.3, -0.25) is 14.9 Å². The zero-order valence-electron chi connectivity index (χ0n) is 9.67. The number of ketones is 1. The maximum atomic E-state index is 12.2. The van der Waals surface area contributed by atoms with E-state index >= 15 is 0 Å². The zero-order chi connectivity index (χ0) is 14.0. The number of nitrogens with two attached hydrogens (primary N) is 1.